The summed E-state index contributed by atoms with van der Waals surface area (Å²) in [6.45, 7) is 1.53. The van der Waals surface area contributed by atoms with E-state index in [-0.39, 0.29) is 12.1 Å². The summed E-state index contributed by atoms with van der Waals surface area (Å²) in [6, 6.07) is 2.98. The summed E-state index contributed by atoms with van der Waals surface area (Å²) in [5.41, 5.74) is -1.14. The van der Waals surface area contributed by atoms with Gasteiger partial charge in [0.05, 0.1) is 5.54 Å². The predicted octanol–water partition coefficient (Wildman–Crippen LogP) is 0.426. The van der Waals surface area contributed by atoms with E-state index in [1.54, 1.807) is 0 Å². The number of nitrogens with one attached hydrogen (secondary N) is 2. The van der Waals surface area contributed by atoms with Gasteiger partial charge in [-0.3, -0.25) is 9.59 Å². The van der Waals surface area contributed by atoms with Crippen LogP contribution in [0.15, 0.2) is 18.2 Å². The Balaban J connectivity index is 2.41. The molecule has 90 valence electrons. The molecule has 0 radical (unpaired) electrons. The van der Waals surface area contributed by atoms with Gasteiger partial charge in [0.1, 0.15) is 11.6 Å². The van der Waals surface area contributed by atoms with Crippen LogP contribution in [0.1, 0.15) is 12.5 Å². The van der Waals surface area contributed by atoms with E-state index in [1.807, 2.05) is 0 Å². The maximum Gasteiger partial charge on any atom is 0.310 e. The average Bonchev–Trinajstić information content (AvgIpc) is 2.27. The number of hydrogen-bond acceptors (Lipinski definition) is 2. The fourth-order valence-corrected chi connectivity index (χ4v) is 1.77. The lowest BCUT2D eigenvalue weighted by Gasteiger charge is -2.35. The van der Waals surface area contributed by atoms with Crippen LogP contribution in [0, 0.1) is 11.6 Å². The summed E-state index contributed by atoms with van der Waals surface area (Å²) in [5, 5.41) is 4.70. The summed E-state index contributed by atoms with van der Waals surface area (Å²) in [4.78, 5) is 22.2. The van der Waals surface area contributed by atoms with Gasteiger partial charge in [0.2, 0.25) is 0 Å². The Morgan fingerprint density at radius 2 is 1.94 bits per heavy atom. The lowest BCUT2D eigenvalue weighted by Crippen LogP contribution is -2.61. The molecular formula is C11H10F2N2O2. The summed E-state index contributed by atoms with van der Waals surface area (Å²) in [6.07, 6.45) is 0. The molecule has 1 atom stereocenters. The van der Waals surface area contributed by atoms with Crippen LogP contribution in [0.2, 0.25) is 0 Å². The van der Waals surface area contributed by atoms with Crippen LogP contribution >= 0.6 is 0 Å². The van der Waals surface area contributed by atoms with Gasteiger partial charge in [0.25, 0.3) is 0 Å². The SMILES string of the molecule is CC1(c2cc(F)ccc2F)CNC(=O)C(=O)N1. The first kappa shape index (κ1) is 11.5. The van der Waals surface area contributed by atoms with E-state index < -0.39 is 29.0 Å². The van der Waals surface area contributed by atoms with Gasteiger partial charge in [-0.2, -0.15) is 0 Å². The maximum absolute atomic E-state index is 13.6. The Hall–Kier alpha value is -1.98. The predicted molar refractivity (Wildman–Crippen MR) is 54.9 cm³/mol. The molecule has 0 bridgehead atoms. The zero-order valence-electron chi connectivity index (χ0n) is 9.01. The Labute approximate surface area is 96.0 Å². The van der Waals surface area contributed by atoms with Crippen molar-refractivity contribution in [3.05, 3.63) is 35.4 Å². The number of carbonyl (C=O) groups excluding carboxylic acids is 2. The van der Waals surface area contributed by atoms with Gasteiger partial charge >= 0.3 is 11.8 Å². The van der Waals surface area contributed by atoms with E-state index in [0.29, 0.717) is 0 Å². The van der Waals surface area contributed by atoms with Crippen molar-refractivity contribution in [3.63, 3.8) is 0 Å². The fraction of sp³-hybridized carbons (Fsp3) is 0.273. The fourth-order valence-electron chi connectivity index (χ4n) is 1.77. The molecule has 2 N–H and O–H groups in total. The molecule has 17 heavy (non-hydrogen) atoms. The molecule has 0 spiro atoms. The zero-order chi connectivity index (χ0) is 12.6. The topological polar surface area (TPSA) is 58.2 Å². The standard InChI is InChI=1S/C11H10F2N2O2/c1-11(5-14-9(16)10(17)15-11)7-4-6(12)2-3-8(7)13/h2-4H,5H2,1H3,(H,14,16)(H,15,17). The molecule has 1 aliphatic rings. The molecule has 0 aromatic heterocycles. The van der Waals surface area contributed by atoms with Crippen LogP contribution in [0.4, 0.5) is 8.78 Å². The molecule has 0 saturated carbocycles. The quantitative estimate of drug-likeness (QED) is 0.699. The maximum atomic E-state index is 13.6. The minimum atomic E-state index is -1.14. The molecule has 1 saturated heterocycles. The lowest BCUT2D eigenvalue weighted by molar-refractivity contribution is -0.142. The van der Waals surface area contributed by atoms with E-state index in [2.05, 4.69) is 10.6 Å². The molecule has 1 fully saturated rings. The molecule has 0 aliphatic carbocycles. The molecule has 1 unspecified atom stereocenters. The van der Waals surface area contributed by atoms with Crippen LogP contribution in [0.25, 0.3) is 0 Å². The number of piperazine rings is 1. The van der Waals surface area contributed by atoms with Gasteiger partial charge in [0, 0.05) is 12.1 Å². The zero-order valence-corrected chi connectivity index (χ0v) is 9.01. The number of benzene rings is 1. The molecule has 2 rings (SSSR count). The van der Waals surface area contributed by atoms with E-state index in [4.69, 9.17) is 0 Å². The Morgan fingerprint density at radius 3 is 2.59 bits per heavy atom. The molecule has 4 nitrogen and oxygen atoms in total. The van der Waals surface area contributed by atoms with Crippen molar-refractivity contribution < 1.29 is 18.4 Å². The van der Waals surface area contributed by atoms with Crippen molar-refractivity contribution >= 4 is 11.8 Å². The first-order chi connectivity index (χ1) is 7.92. The molecular weight excluding hydrogens is 230 g/mol. The van der Waals surface area contributed by atoms with Crippen molar-refractivity contribution in [1.82, 2.24) is 10.6 Å². The highest BCUT2D eigenvalue weighted by Crippen LogP contribution is 2.25. The molecule has 1 aromatic rings. The van der Waals surface area contributed by atoms with Crippen LogP contribution in [0.3, 0.4) is 0 Å². The average molecular weight is 240 g/mol. The third kappa shape index (κ3) is 1.98. The van der Waals surface area contributed by atoms with Crippen molar-refractivity contribution in [2.24, 2.45) is 0 Å². The lowest BCUT2D eigenvalue weighted by atomic mass is 9.89. The van der Waals surface area contributed by atoms with Crippen molar-refractivity contribution in [1.29, 1.82) is 0 Å². The Bertz CT molecular complexity index is 504. The largest absolute Gasteiger partial charge is 0.345 e. The second-order valence-corrected chi connectivity index (χ2v) is 4.09. The van der Waals surface area contributed by atoms with Crippen molar-refractivity contribution in [2.45, 2.75) is 12.5 Å². The second kappa shape index (κ2) is 3.80. The van der Waals surface area contributed by atoms with Crippen LogP contribution in [-0.2, 0) is 15.1 Å². The minimum Gasteiger partial charge on any atom is -0.345 e. The van der Waals surface area contributed by atoms with Gasteiger partial charge < -0.3 is 10.6 Å². The number of halogens is 2. The third-order valence-corrected chi connectivity index (χ3v) is 2.72. The molecule has 1 aromatic carbocycles. The van der Waals surface area contributed by atoms with Gasteiger partial charge in [-0.25, -0.2) is 8.78 Å². The van der Waals surface area contributed by atoms with E-state index >= 15 is 0 Å². The van der Waals surface area contributed by atoms with E-state index in [0.717, 1.165) is 18.2 Å². The van der Waals surface area contributed by atoms with Crippen LogP contribution in [-0.4, -0.2) is 18.4 Å². The summed E-state index contributed by atoms with van der Waals surface area (Å²) in [7, 11) is 0. The van der Waals surface area contributed by atoms with E-state index in [9.17, 15) is 18.4 Å². The highest BCUT2D eigenvalue weighted by atomic mass is 19.1. The molecule has 1 heterocycles. The Kier molecular flexibility index (Phi) is 2.57. The van der Waals surface area contributed by atoms with Crippen LogP contribution < -0.4 is 10.6 Å². The van der Waals surface area contributed by atoms with Crippen molar-refractivity contribution in [3.8, 4) is 0 Å². The second-order valence-electron chi connectivity index (χ2n) is 4.09. The highest BCUT2D eigenvalue weighted by molar-refractivity contribution is 6.35. The summed E-state index contributed by atoms with van der Waals surface area (Å²) >= 11 is 0. The highest BCUT2D eigenvalue weighted by Gasteiger charge is 2.38. The third-order valence-electron chi connectivity index (χ3n) is 2.72. The number of hydrogen-bond donors (Lipinski definition) is 2. The van der Waals surface area contributed by atoms with E-state index in [1.165, 1.54) is 6.92 Å². The van der Waals surface area contributed by atoms with Gasteiger partial charge in [-0.15, -0.1) is 0 Å². The minimum absolute atomic E-state index is 0.00542. The summed E-state index contributed by atoms with van der Waals surface area (Å²) < 4.78 is 26.7. The van der Waals surface area contributed by atoms with Gasteiger partial charge in [-0.05, 0) is 25.1 Å². The van der Waals surface area contributed by atoms with Gasteiger partial charge in [0.15, 0.2) is 0 Å². The normalized spacial score (nSPS) is 24.2. The Morgan fingerprint density at radius 1 is 1.24 bits per heavy atom. The first-order valence-corrected chi connectivity index (χ1v) is 4.98. The number of amides is 2. The summed E-state index contributed by atoms with van der Waals surface area (Å²) in [5.74, 6) is -2.87. The number of carbonyl (C=O) groups is 2. The molecule has 1 aliphatic heterocycles. The molecule has 6 heteroatoms. The molecule has 2 amide bonds. The number of rotatable bonds is 1. The van der Waals surface area contributed by atoms with Crippen molar-refractivity contribution in [2.75, 3.05) is 6.54 Å². The first-order valence-electron chi connectivity index (χ1n) is 4.98. The van der Waals surface area contributed by atoms with Gasteiger partial charge in [-0.1, -0.05) is 0 Å². The monoisotopic (exact) mass is 240 g/mol. The van der Waals surface area contributed by atoms with Crippen LogP contribution in [0.5, 0.6) is 0 Å². The smallest absolute Gasteiger partial charge is 0.310 e.